The highest BCUT2D eigenvalue weighted by atomic mass is 19.1. The fourth-order valence-corrected chi connectivity index (χ4v) is 4.72. The maximum Gasteiger partial charge on any atom is 0.273 e. The van der Waals surface area contributed by atoms with E-state index in [1.54, 1.807) is 6.21 Å². The molecule has 0 unspecified atom stereocenters. The Morgan fingerprint density at radius 2 is 1.82 bits per heavy atom. The Bertz CT molecular complexity index is 1580. The maximum absolute atomic E-state index is 13.8. The number of rotatable bonds is 10. The van der Waals surface area contributed by atoms with Crippen molar-refractivity contribution in [2.75, 3.05) is 32.8 Å². The molecule has 206 valence electrons. The highest BCUT2D eigenvalue weighted by molar-refractivity contribution is 5.92. The second kappa shape index (κ2) is 11.7. The molecule has 10 nitrogen and oxygen atoms in total. The van der Waals surface area contributed by atoms with Gasteiger partial charge in [0.1, 0.15) is 31.1 Å². The second-order valence-corrected chi connectivity index (χ2v) is 9.44. The van der Waals surface area contributed by atoms with Gasteiger partial charge < -0.3 is 24.5 Å². The molecule has 1 amide bonds. The van der Waals surface area contributed by atoms with Crippen LogP contribution in [0.15, 0.2) is 69.7 Å². The summed E-state index contributed by atoms with van der Waals surface area (Å²) >= 11 is 0. The van der Waals surface area contributed by atoms with Crippen molar-refractivity contribution in [3.05, 3.63) is 77.7 Å². The molecule has 0 saturated carbocycles. The van der Waals surface area contributed by atoms with Crippen LogP contribution in [0.2, 0.25) is 0 Å². The van der Waals surface area contributed by atoms with Gasteiger partial charge in [-0.1, -0.05) is 18.2 Å². The number of halogens is 1. The number of ether oxygens (including phenoxy) is 2. The van der Waals surface area contributed by atoms with Crippen molar-refractivity contribution in [2.24, 2.45) is 4.99 Å². The van der Waals surface area contributed by atoms with Gasteiger partial charge in [0.15, 0.2) is 23.1 Å². The number of para-hydroxylation sites is 1. The van der Waals surface area contributed by atoms with Gasteiger partial charge in [-0.3, -0.25) is 14.4 Å². The van der Waals surface area contributed by atoms with Crippen molar-refractivity contribution in [1.82, 2.24) is 25.2 Å². The summed E-state index contributed by atoms with van der Waals surface area (Å²) in [5.74, 6) is 2.08. The standard InChI is InChI=1S/C29H29FN6O4/c30-20-7-4-10-32-22(20)17-33-29(37)23-18-40-28(35-23)9-12-31-11-8-27-34-21-15-25-26(39-14-13-38-25)16-24(21)36(27)19-5-2-1-3-6-19/h1-3,5-6,10,15-16,18,31H,4,7-9,11-14,17H2,(H,33,37). The molecule has 2 aliphatic heterocycles. The number of imidazole rings is 1. The summed E-state index contributed by atoms with van der Waals surface area (Å²) in [6.45, 7) is 2.35. The second-order valence-electron chi connectivity index (χ2n) is 9.44. The van der Waals surface area contributed by atoms with Crippen LogP contribution in [0.4, 0.5) is 4.39 Å². The van der Waals surface area contributed by atoms with Crippen molar-refractivity contribution in [3.63, 3.8) is 0 Å². The van der Waals surface area contributed by atoms with Gasteiger partial charge in [0.2, 0.25) is 0 Å². The van der Waals surface area contributed by atoms with Crippen LogP contribution in [0.25, 0.3) is 16.7 Å². The topological polar surface area (TPSA) is 116 Å². The highest BCUT2D eigenvalue weighted by Gasteiger charge is 2.19. The van der Waals surface area contributed by atoms with Crippen molar-refractivity contribution in [1.29, 1.82) is 0 Å². The summed E-state index contributed by atoms with van der Waals surface area (Å²) in [6, 6.07) is 14.0. The molecule has 4 heterocycles. The number of nitrogens with zero attached hydrogens (tertiary/aromatic N) is 4. The monoisotopic (exact) mass is 544 g/mol. The van der Waals surface area contributed by atoms with E-state index in [0.29, 0.717) is 63.6 Å². The number of allylic oxidation sites excluding steroid dienone is 1. The number of oxazole rings is 1. The third kappa shape index (κ3) is 5.59. The zero-order chi connectivity index (χ0) is 27.3. The molecular weight excluding hydrogens is 515 g/mol. The van der Waals surface area contributed by atoms with E-state index in [-0.39, 0.29) is 23.8 Å². The Kier molecular flexibility index (Phi) is 7.53. The summed E-state index contributed by atoms with van der Waals surface area (Å²) in [4.78, 5) is 25.6. The first-order valence-electron chi connectivity index (χ1n) is 13.4. The minimum atomic E-state index is -0.429. The summed E-state index contributed by atoms with van der Waals surface area (Å²) in [7, 11) is 0. The molecule has 2 aliphatic rings. The molecule has 2 aromatic carbocycles. The zero-order valence-corrected chi connectivity index (χ0v) is 21.9. The van der Waals surface area contributed by atoms with Gasteiger partial charge in [-0.05, 0) is 18.6 Å². The smallest absolute Gasteiger partial charge is 0.273 e. The van der Waals surface area contributed by atoms with Crippen LogP contribution in [-0.4, -0.2) is 59.5 Å². The van der Waals surface area contributed by atoms with Crippen LogP contribution >= 0.6 is 0 Å². The van der Waals surface area contributed by atoms with Crippen LogP contribution in [0, 0.1) is 0 Å². The minimum Gasteiger partial charge on any atom is -0.486 e. The van der Waals surface area contributed by atoms with Crippen LogP contribution in [0.1, 0.15) is 35.0 Å². The number of amides is 1. The molecule has 0 bridgehead atoms. The van der Waals surface area contributed by atoms with Gasteiger partial charge in [0, 0.05) is 56.4 Å². The fraction of sp³-hybridized carbons (Fsp3) is 0.310. The van der Waals surface area contributed by atoms with Crippen LogP contribution in [0.5, 0.6) is 11.5 Å². The molecule has 0 fully saturated rings. The number of fused-ring (bicyclic) bond motifs is 2. The predicted molar refractivity (Wildman–Crippen MR) is 147 cm³/mol. The first-order chi connectivity index (χ1) is 19.7. The molecule has 4 aromatic rings. The van der Waals surface area contributed by atoms with Crippen molar-refractivity contribution in [3.8, 4) is 17.2 Å². The largest absolute Gasteiger partial charge is 0.486 e. The normalized spacial score (nSPS) is 14.6. The molecule has 0 aliphatic carbocycles. The lowest BCUT2D eigenvalue weighted by Gasteiger charge is -2.18. The summed E-state index contributed by atoms with van der Waals surface area (Å²) < 4.78 is 33.0. The molecule has 0 atom stereocenters. The number of aromatic nitrogens is 3. The molecule has 6 rings (SSSR count). The molecule has 2 aromatic heterocycles. The first kappa shape index (κ1) is 25.8. The lowest BCUT2D eigenvalue weighted by molar-refractivity contribution is 0.0951. The Hall–Kier alpha value is -4.51. The van der Waals surface area contributed by atoms with Gasteiger partial charge >= 0.3 is 0 Å². The number of carbonyl (C=O) groups is 1. The van der Waals surface area contributed by atoms with Gasteiger partial charge in [0.25, 0.3) is 5.91 Å². The fourth-order valence-electron chi connectivity index (χ4n) is 4.72. The summed E-state index contributed by atoms with van der Waals surface area (Å²) in [5, 5.41) is 6.05. The molecule has 0 radical (unpaired) electrons. The van der Waals surface area contributed by atoms with Crippen LogP contribution in [-0.2, 0) is 12.8 Å². The van der Waals surface area contributed by atoms with Gasteiger partial charge in [-0.15, -0.1) is 0 Å². The lowest BCUT2D eigenvalue weighted by Crippen LogP contribution is -2.26. The molecule has 0 saturated heterocycles. The van der Waals surface area contributed by atoms with E-state index in [4.69, 9.17) is 18.9 Å². The van der Waals surface area contributed by atoms with E-state index in [1.165, 1.54) is 6.26 Å². The highest BCUT2D eigenvalue weighted by Crippen LogP contribution is 2.35. The number of nitrogens with one attached hydrogen (secondary N) is 2. The average Bonchev–Trinajstić information content (AvgIpc) is 3.60. The SMILES string of the molecule is O=C(NCC1=C(F)CCC=N1)c1coc(CCNCCc2nc3cc4c(cc3n2-c2ccccc2)OCCO4)n1. The Balaban J connectivity index is 1.05. The number of benzene rings is 2. The minimum absolute atomic E-state index is 0.0152. The summed E-state index contributed by atoms with van der Waals surface area (Å²) in [6.07, 6.45) is 5.04. The molecule has 2 N–H and O–H groups in total. The number of carbonyl (C=O) groups excluding carboxylic acids is 1. The van der Waals surface area contributed by atoms with E-state index < -0.39 is 5.91 Å². The Morgan fingerprint density at radius 3 is 2.65 bits per heavy atom. The zero-order valence-electron chi connectivity index (χ0n) is 21.9. The third-order valence-electron chi connectivity index (χ3n) is 6.70. The van der Waals surface area contributed by atoms with Gasteiger partial charge in [-0.25, -0.2) is 14.4 Å². The van der Waals surface area contributed by atoms with Gasteiger partial charge in [0.05, 0.1) is 23.3 Å². The molecular formula is C29H29FN6O4. The van der Waals surface area contributed by atoms with E-state index in [9.17, 15) is 9.18 Å². The average molecular weight is 545 g/mol. The third-order valence-corrected chi connectivity index (χ3v) is 6.70. The van der Waals surface area contributed by atoms with E-state index in [0.717, 1.165) is 28.3 Å². The lowest BCUT2D eigenvalue weighted by atomic mass is 10.2. The Labute approximate surface area is 229 Å². The number of hydrogen-bond donors (Lipinski definition) is 2. The number of hydrogen-bond acceptors (Lipinski definition) is 8. The predicted octanol–water partition coefficient (Wildman–Crippen LogP) is 3.94. The maximum atomic E-state index is 13.8. The quantitative estimate of drug-likeness (QED) is 0.291. The van der Waals surface area contributed by atoms with Crippen molar-refractivity contribution < 1.29 is 23.1 Å². The molecule has 0 spiro atoms. The van der Waals surface area contributed by atoms with Crippen LogP contribution < -0.4 is 20.1 Å². The van der Waals surface area contributed by atoms with Gasteiger partial charge in [-0.2, -0.15) is 0 Å². The Morgan fingerprint density at radius 1 is 1.02 bits per heavy atom. The first-order valence-corrected chi connectivity index (χ1v) is 13.4. The van der Waals surface area contributed by atoms with Crippen LogP contribution in [0.3, 0.4) is 0 Å². The molecule has 40 heavy (non-hydrogen) atoms. The number of aliphatic imine (C=N–C) groups is 1. The summed E-state index contributed by atoms with van der Waals surface area (Å²) in [5.41, 5.74) is 3.24. The molecule has 11 heteroatoms. The van der Waals surface area contributed by atoms with E-state index in [2.05, 4.69) is 37.3 Å². The van der Waals surface area contributed by atoms with Crippen molar-refractivity contribution >= 4 is 23.2 Å². The van der Waals surface area contributed by atoms with E-state index >= 15 is 0 Å². The van der Waals surface area contributed by atoms with E-state index in [1.807, 2.05) is 30.3 Å². The van der Waals surface area contributed by atoms with Crippen molar-refractivity contribution in [2.45, 2.75) is 25.7 Å².